The molecule has 4 rings (SSSR count). The van der Waals surface area contributed by atoms with E-state index in [0.29, 0.717) is 61.9 Å². The van der Waals surface area contributed by atoms with E-state index in [4.69, 9.17) is 14.2 Å². The Morgan fingerprint density at radius 3 is 2.44 bits per heavy atom. The predicted octanol–water partition coefficient (Wildman–Crippen LogP) is 4.12. The third kappa shape index (κ3) is 7.83. The molecule has 2 aliphatic heterocycles. The molecule has 0 saturated carbocycles. The molecule has 0 radical (unpaired) electrons. The summed E-state index contributed by atoms with van der Waals surface area (Å²) in [5, 5.41) is 6.03. The lowest BCUT2D eigenvalue weighted by Gasteiger charge is -2.32. The van der Waals surface area contributed by atoms with Crippen LogP contribution in [-0.2, 0) is 14.3 Å². The second-order valence-electron chi connectivity index (χ2n) is 11.6. The van der Waals surface area contributed by atoms with Crippen molar-refractivity contribution in [1.29, 1.82) is 0 Å². The molecule has 2 amide bonds. The number of benzene rings is 2. The molecule has 2 heterocycles. The Balaban J connectivity index is 1.62. The third-order valence-corrected chi connectivity index (χ3v) is 7.29. The van der Waals surface area contributed by atoms with E-state index in [1.54, 1.807) is 43.4 Å². The Labute approximate surface area is 241 Å². The van der Waals surface area contributed by atoms with Crippen LogP contribution in [-0.4, -0.2) is 92.5 Å². The quantitative estimate of drug-likeness (QED) is 0.429. The molecular formula is C31H41FN4O5. The first kappa shape index (κ1) is 30.5. The maximum atomic E-state index is 14.8. The fourth-order valence-electron chi connectivity index (χ4n) is 5.10. The van der Waals surface area contributed by atoms with E-state index >= 15 is 0 Å². The number of hydrazone groups is 1. The van der Waals surface area contributed by atoms with E-state index in [1.165, 1.54) is 11.1 Å². The van der Waals surface area contributed by atoms with Crippen LogP contribution in [0.5, 0.6) is 11.5 Å². The first-order chi connectivity index (χ1) is 19.6. The van der Waals surface area contributed by atoms with Crippen molar-refractivity contribution in [3.8, 4) is 11.5 Å². The lowest BCUT2D eigenvalue weighted by Crippen LogP contribution is -2.47. The highest BCUT2D eigenvalue weighted by Gasteiger charge is 2.36. The number of amides is 2. The van der Waals surface area contributed by atoms with Crippen LogP contribution in [0.3, 0.4) is 0 Å². The summed E-state index contributed by atoms with van der Waals surface area (Å²) in [5.74, 6) is 0.257. The summed E-state index contributed by atoms with van der Waals surface area (Å²) in [6.45, 7) is 9.85. The monoisotopic (exact) mass is 568 g/mol. The number of nitrogens with zero attached hydrogens (tertiary/aromatic N) is 4. The summed E-state index contributed by atoms with van der Waals surface area (Å²) < 4.78 is 31.1. The van der Waals surface area contributed by atoms with Gasteiger partial charge in [-0.15, -0.1) is 0 Å². The van der Waals surface area contributed by atoms with E-state index in [0.717, 1.165) is 18.7 Å². The first-order valence-corrected chi connectivity index (χ1v) is 14.0. The van der Waals surface area contributed by atoms with Crippen molar-refractivity contribution in [3.63, 3.8) is 0 Å². The average molecular weight is 569 g/mol. The van der Waals surface area contributed by atoms with Crippen LogP contribution in [0.1, 0.15) is 50.8 Å². The smallest absolute Gasteiger partial charge is 0.262 e. The number of halogens is 1. The van der Waals surface area contributed by atoms with Gasteiger partial charge in [0.1, 0.15) is 12.4 Å². The zero-order valence-electron chi connectivity index (χ0n) is 24.7. The van der Waals surface area contributed by atoms with Crippen LogP contribution in [0.2, 0.25) is 0 Å². The summed E-state index contributed by atoms with van der Waals surface area (Å²) >= 11 is 0. The molecule has 1 fully saturated rings. The van der Waals surface area contributed by atoms with Gasteiger partial charge in [-0.25, -0.2) is 9.40 Å². The summed E-state index contributed by atoms with van der Waals surface area (Å²) in [4.78, 5) is 31.2. The van der Waals surface area contributed by atoms with Crippen LogP contribution in [0.15, 0.2) is 47.6 Å². The molecule has 0 aromatic heterocycles. The van der Waals surface area contributed by atoms with Gasteiger partial charge >= 0.3 is 0 Å². The number of methoxy groups -OCH3 is 2. The maximum Gasteiger partial charge on any atom is 0.262 e. The Kier molecular flexibility index (Phi) is 9.99. The SMILES string of the molecule is COc1ccc([C@H]2CC(c3ccccc3F)=NN2C(=O)CN(CCN2CCOCC2)C(=O)CC(C)(C)C)cc1OC. The van der Waals surface area contributed by atoms with Gasteiger partial charge in [-0.05, 0) is 29.2 Å². The normalized spacial score (nSPS) is 17.8. The van der Waals surface area contributed by atoms with Crippen molar-refractivity contribution in [2.75, 3.05) is 60.2 Å². The minimum Gasteiger partial charge on any atom is -0.493 e. The molecule has 2 aromatic rings. The molecule has 0 spiro atoms. The van der Waals surface area contributed by atoms with Gasteiger partial charge in [-0.2, -0.15) is 5.10 Å². The fraction of sp³-hybridized carbons (Fsp3) is 0.516. The lowest BCUT2D eigenvalue weighted by atomic mass is 9.91. The third-order valence-electron chi connectivity index (χ3n) is 7.29. The van der Waals surface area contributed by atoms with Crippen molar-refractivity contribution in [2.24, 2.45) is 10.5 Å². The molecule has 2 aromatic carbocycles. The molecule has 1 atom stereocenters. The molecule has 10 heteroatoms. The van der Waals surface area contributed by atoms with Gasteiger partial charge in [0.05, 0.1) is 39.2 Å². The van der Waals surface area contributed by atoms with Gasteiger partial charge < -0.3 is 19.1 Å². The average Bonchev–Trinajstić information content (AvgIpc) is 3.40. The molecule has 2 aliphatic rings. The number of carbonyl (C=O) groups excluding carboxylic acids is 2. The summed E-state index contributed by atoms with van der Waals surface area (Å²) in [5.41, 5.74) is 1.36. The zero-order chi connectivity index (χ0) is 29.6. The molecule has 0 bridgehead atoms. The van der Waals surface area contributed by atoms with Gasteiger partial charge in [-0.1, -0.05) is 45.0 Å². The fourth-order valence-corrected chi connectivity index (χ4v) is 5.10. The number of rotatable bonds is 10. The van der Waals surface area contributed by atoms with E-state index < -0.39 is 11.9 Å². The Bertz CT molecular complexity index is 1260. The summed E-state index contributed by atoms with van der Waals surface area (Å²) in [7, 11) is 3.11. The minimum absolute atomic E-state index is 0.0840. The molecule has 0 N–H and O–H groups in total. The molecule has 41 heavy (non-hydrogen) atoms. The number of hydrogen-bond donors (Lipinski definition) is 0. The largest absolute Gasteiger partial charge is 0.493 e. The highest BCUT2D eigenvalue weighted by Crippen LogP contribution is 2.37. The van der Waals surface area contributed by atoms with Gasteiger partial charge in [0.2, 0.25) is 5.91 Å². The Morgan fingerprint density at radius 1 is 1.07 bits per heavy atom. The van der Waals surface area contributed by atoms with Gasteiger partial charge in [0.15, 0.2) is 11.5 Å². The second kappa shape index (κ2) is 13.4. The highest BCUT2D eigenvalue weighted by atomic mass is 19.1. The zero-order valence-corrected chi connectivity index (χ0v) is 24.7. The van der Waals surface area contributed by atoms with Crippen LogP contribution in [0, 0.1) is 11.2 Å². The molecular weight excluding hydrogens is 527 g/mol. The standard InChI is InChI=1S/C31H41FN4O5/c1-31(2,3)20-29(37)35(13-12-34-14-16-41-17-15-34)21-30(38)36-26(22-10-11-27(39-4)28(18-22)40-5)19-25(33-36)23-8-6-7-9-24(23)32/h6-11,18,26H,12-17,19-21H2,1-5H3/t26-/m1/s1. The second-order valence-corrected chi connectivity index (χ2v) is 11.6. The minimum atomic E-state index is -0.504. The van der Waals surface area contributed by atoms with Gasteiger partial charge in [-0.3, -0.25) is 14.5 Å². The number of carbonyl (C=O) groups is 2. The van der Waals surface area contributed by atoms with E-state index in [1.807, 2.05) is 32.9 Å². The van der Waals surface area contributed by atoms with Crippen LogP contribution < -0.4 is 9.47 Å². The Hall–Kier alpha value is -3.50. The summed E-state index contributed by atoms with van der Waals surface area (Å²) in [6.07, 6.45) is 0.623. The van der Waals surface area contributed by atoms with Gasteiger partial charge in [0.25, 0.3) is 5.91 Å². The van der Waals surface area contributed by atoms with Crippen LogP contribution >= 0.6 is 0 Å². The number of ether oxygens (including phenoxy) is 3. The molecule has 1 saturated heterocycles. The number of hydrogen-bond acceptors (Lipinski definition) is 7. The van der Waals surface area contributed by atoms with Crippen molar-refractivity contribution < 1.29 is 28.2 Å². The van der Waals surface area contributed by atoms with Crippen molar-refractivity contribution >= 4 is 17.5 Å². The van der Waals surface area contributed by atoms with Crippen molar-refractivity contribution in [1.82, 2.24) is 14.8 Å². The van der Waals surface area contributed by atoms with Crippen LogP contribution in [0.4, 0.5) is 4.39 Å². The number of morpholine rings is 1. The maximum absolute atomic E-state index is 14.8. The topological polar surface area (TPSA) is 83.9 Å². The van der Waals surface area contributed by atoms with E-state index in [2.05, 4.69) is 10.0 Å². The lowest BCUT2D eigenvalue weighted by molar-refractivity contribution is -0.142. The van der Waals surface area contributed by atoms with Gasteiger partial charge in [0, 0.05) is 44.6 Å². The van der Waals surface area contributed by atoms with Crippen molar-refractivity contribution in [3.05, 3.63) is 59.4 Å². The first-order valence-electron chi connectivity index (χ1n) is 14.0. The molecule has 222 valence electrons. The predicted molar refractivity (Wildman–Crippen MR) is 155 cm³/mol. The van der Waals surface area contributed by atoms with E-state index in [-0.39, 0.29) is 23.8 Å². The van der Waals surface area contributed by atoms with Crippen LogP contribution in [0.25, 0.3) is 0 Å². The van der Waals surface area contributed by atoms with Crippen molar-refractivity contribution in [2.45, 2.75) is 39.7 Å². The summed E-state index contributed by atoms with van der Waals surface area (Å²) in [6, 6.07) is 11.3. The molecule has 0 aliphatic carbocycles. The Morgan fingerprint density at radius 2 is 1.78 bits per heavy atom. The molecule has 0 unspecified atom stereocenters. The van der Waals surface area contributed by atoms with E-state index in [9.17, 15) is 14.0 Å². The molecule has 9 nitrogen and oxygen atoms in total. The highest BCUT2D eigenvalue weighted by molar-refractivity contribution is 6.03.